The van der Waals surface area contributed by atoms with Gasteiger partial charge in [-0.2, -0.15) is 5.10 Å². The quantitative estimate of drug-likeness (QED) is 0.414. The molecule has 0 bridgehead atoms. The Morgan fingerprint density at radius 3 is 2.97 bits per heavy atom. The van der Waals surface area contributed by atoms with Gasteiger partial charge in [-0.25, -0.2) is 0 Å². The second kappa shape index (κ2) is 10.1. The van der Waals surface area contributed by atoms with Crippen molar-refractivity contribution in [1.82, 2.24) is 25.3 Å². The van der Waals surface area contributed by atoms with Crippen LogP contribution in [0.1, 0.15) is 41.1 Å². The number of carbonyl (C=O) groups is 1. The molecule has 0 aromatic carbocycles. The molecular weight excluding hydrogens is 372 g/mol. The van der Waals surface area contributed by atoms with Gasteiger partial charge >= 0.3 is 0 Å². The Labute approximate surface area is 171 Å². The topological polar surface area (TPSA) is 96.9 Å². The molecule has 9 nitrogen and oxygen atoms in total. The predicted octanol–water partition coefficient (Wildman–Crippen LogP) is 1.48. The van der Waals surface area contributed by atoms with Gasteiger partial charge in [-0.15, -0.1) is 0 Å². The lowest BCUT2D eigenvalue weighted by atomic mass is 10.1. The molecule has 0 radical (unpaired) electrons. The molecule has 1 atom stereocenters. The van der Waals surface area contributed by atoms with E-state index in [1.54, 1.807) is 10.7 Å². The van der Waals surface area contributed by atoms with Gasteiger partial charge in [-0.3, -0.25) is 14.5 Å². The number of aryl methyl sites for hydroxylation is 2. The van der Waals surface area contributed by atoms with Crippen molar-refractivity contribution < 1.29 is 13.9 Å². The minimum Gasteiger partial charge on any atom is -0.459 e. The SMILES string of the molecule is CCNC(=NCCCNC(=O)c1occc1C)N1CCOC(c2cnn(C)c2)C1. The fourth-order valence-corrected chi connectivity index (χ4v) is 3.23. The van der Waals surface area contributed by atoms with E-state index >= 15 is 0 Å². The summed E-state index contributed by atoms with van der Waals surface area (Å²) >= 11 is 0. The molecule has 1 unspecified atom stereocenters. The van der Waals surface area contributed by atoms with Gasteiger partial charge in [0, 0.05) is 50.6 Å². The maximum atomic E-state index is 12.1. The summed E-state index contributed by atoms with van der Waals surface area (Å²) in [7, 11) is 1.90. The number of ether oxygens (including phenoxy) is 1. The first-order chi connectivity index (χ1) is 14.1. The Morgan fingerprint density at radius 2 is 2.28 bits per heavy atom. The molecule has 2 N–H and O–H groups in total. The van der Waals surface area contributed by atoms with E-state index in [0.29, 0.717) is 25.5 Å². The minimum atomic E-state index is -0.184. The van der Waals surface area contributed by atoms with Gasteiger partial charge in [0.2, 0.25) is 0 Å². The molecule has 0 saturated carbocycles. The number of hydrogen-bond donors (Lipinski definition) is 2. The zero-order valence-electron chi connectivity index (χ0n) is 17.4. The van der Waals surface area contributed by atoms with E-state index in [-0.39, 0.29) is 12.0 Å². The fourth-order valence-electron chi connectivity index (χ4n) is 3.23. The molecule has 1 saturated heterocycles. The monoisotopic (exact) mass is 402 g/mol. The Bertz CT molecular complexity index is 828. The van der Waals surface area contributed by atoms with E-state index in [0.717, 1.165) is 43.1 Å². The number of morpholine rings is 1. The standard InChI is InChI=1S/C20H30N6O3/c1-4-21-20(23-8-5-7-22-19(27)18-15(2)6-10-29-18)26-9-11-28-17(14-26)16-12-24-25(3)13-16/h6,10,12-13,17H,4-5,7-9,11,14H2,1-3H3,(H,21,23)(H,22,27). The van der Waals surface area contributed by atoms with Crippen LogP contribution in [0.5, 0.6) is 0 Å². The van der Waals surface area contributed by atoms with Crippen LogP contribution in [0.2, 0.25) is 0 Å². The van der Waals surface area contributed by atoms with Crippen molar-refractivity contribution in [2.45, 2.75) is 26.4 Å². The Morgan fingerprint density at radius 1 is 1.41 bits per heavy atom. The highest BCUT2D eigenvalue weighted by Crippen LogP contribution is 2.21. The molecule has 2 aromatic rings. The van der Waals surface area contributed by atoms with Gasteiger partial charge in [0.25, 0.3) is 5.91 Å². The summed E-state index contributed by atoms with van der Waals surface area (Å²) in [4.78, 5) is 19.0. The van der Waals surface area contributed by atoms with Crippen LogP contribution in [0.25, 0.3) is 0 Å². The summed E-state index contributed by atoms with van der Waals surface area (Å²) in [6, 6.07) is 1.78. The van der Waals surface area contributed by atoms with Crippen LogP contribution >= 0.6 is 0 Å². The molecule has 3 heterocycles. The van der Waals surface area contributed by atoms with Gasteiger partial charge in [0.15, 0.2) is 11.7 Å². The van der Waals surface area contributed by atoms with Gasteiger partial charge in [0.1, 0.15) is 6.10 Å². The second-order valence-electron chi connectivity index (χ2n) is 7.03. The summed E-state index contributed by atoms with van der Waals surface area (Å²) in [6.07, 6.45) is 6.09. The van der Waals surface area contributed by atoms with Gasteiger partial charge in [0.05, 0.1) is 25.6 Å². The van der Waals surface area contributed by atoms with Crippen LogP contribution in [-0.2, 0) is 11.8 Å². The molecule has 158 valence electrons. The van der Waals surface area contributed by atoms with Crippen LogP contribution in [0.4, 0.5) is 0 Å². The number of hydrogen-bond acceptors (Lipinski definition) is 5. The maximum absolute atomic E-state index is 12.1. The number of aromatic nitrogens is 2. The molecule has 1 fully saturated rings. The van der Waals surface area contributed by atoms with Crippen LogP contribution in [0, 0.1) is 6.92 Å². The summed E-state index contributed by atoms with van der Waals surface area (Å²) in [5.41, 5.74) is 1.91. The van der Waals surface area contributed by atoms with Crippen molar-refractivity contribution in [1.29, 1.82) is 0 Å². The van der Waals surface area contributed by atoms with E-state index in [9.17, 15) is 4.79 Å². The van der Waals surface area contributed by atoms with Crippen molar-refractivity contribution in [3.63, 3.8) is 0 Å². The van der Waals surface area contributed by atoms with Gasteiger partial charge in [-0.1, -0.05) is 0 Å². The fraction of sp³-hybridized carbons (Fsp3) is 0.550. The van der Waals surface area contributed by atoms with E-state index in [4.69, 9.17) is 14.1 Å². The lowest BCUT2D eigenvalue weighted by molar-refractivity contribution is -0.00804. The Kier molecular flexibility index (Phi) is 7.29. The second-order valence-corrected chi connectivity index (χ2v) is 7.03. The van der Waals surface area contributed by atoms with Crippen molar-refractivity contribution in [2.24, 2.45) is 12.0 Å². The van der Waals surface area contributed by atoms with Crippen LogP contribution in [-0.4, -0.2) is 65.9 Å². The average molecular weight is 402 g/mol. The van der Waals surface area contributed by atoms with Crippen LogP contribution < -0.4 is 10.6 Å². The normalized spacial score (nSPS) is 17.4. The highest BCUT2D eigenvalue weighted by molar-refractivity contribution is 5.92. The Hall–Kier alpha value is -2.81. The zero-order valence-corrected chi connectivity index (χ0v) is 17.4. The third-order valence-electron chi connectivity index (χ3n) is 4.75. The number of furan rings is 1. The third-order valence-corrected chi connectivity index (χ3v) is 4.75. The molecule has 1 amide bonds. The molecule has 9 heteroatoms. The summed E-state index contributed by atoms with van der Waals surface area (Å²) in [6.45, 7) is 8.03. The molecule has 1 aliphatic heterocycles. The van der Waals surface area contributed by atoms with Gasteiger partial charge < -0.3 is 24.7 Å². The number of amides is 1. The predicted molar refractivity (Wildman–Crippen MR) is 110 cm³/mol. The number of aliphatic imine (C=N–C) groups is 1. The largest absolute Gasteiger partial charge is 0.459 e. The molecular formula is C20H30N6O3. The molecule has 0 spiro atoms. The van der Waals surface area contributed by atoms with Crippen LogP contribution in [0.15, 0.2) is 34.1 Å². The van der Waals surface area contributed by atoms with E-state index < -0.39 is 0 Å². The maximum Gasteiger partial charge on any atom is 0.287 e. The smallest absolute Gasteiger partial charge is 0.287 e. The van der Waals surface area contributed by atoms with Crippen molar-refractivity contribution in [3.8, 4) is 0 Å². The minimum absolute atomic E-state index is 0.0165. The zero-order chi connectivity index (χ0) is 20.6. The van der Waals surface area contributed by atoms with E-state index in [1.165, 1.54) is 6.26 Å². The number of guanidine groups is 1. The highest BCUT2D eigenvalue weighted by atomic mass is 16.5. The van der Waals surface area contributed by atoms with Crippen molar-refractivity contribution >= 4 is 11.9 Å². The first-order valence-electron chi connectivity index (χ1n) is 10.0. The Balaban J connectivity index is 1.50. The average Bonchev–Trinajstić information content (AvgIpc) is 3.35. The van der Waals surface area contributed by atoms with E-state index in [1.807, 2.05) is 26.4 Å². The molecule has 1 aliphatic rings. The number of nitrogens with one attached hydrogen (secondary N) is 2. The number of nitrogens with zero attached hydrogens (tertiary/aromatic N) is 4. The van der Waals surface area contributed by atoms with Crippen molar-refractivity contribution in [3.05, 3.63) is 41.6 Å². The third kappa shape index (κ3) is 5.60. The molecule has 2 aromatic heterocycles. The summed E-state index contributed by atoms with van der Waals surface area (Å²) < 4.78 is 12.9. The first kappa shape index (κ1) is 20.9. The summed E-state index contributed by atoms with van der Waals surface area (Å²) in [5, 5.41) is 10.5. The highest BCUT2D eigenvalue weighted by Gasteiger charge is 2.25. The van der Waals surface area contributed by atoms with Gasteiger partial charge in [-0.05, 0) is 26.3 Å². The van der Waals surface area contributed by atoms with Crippen LogP contribution in [0.3, 0.4) is 0 Å². The van der Waals surface area contributed by atoms with E-state index in [2.05, 4.69) is 27.6 Å². The van der Waals surface area contributed by atoms with Crippen molar-refractivity contribution in [2.75, 3.05) is 39.3 Å². The summed E-state index contributed by atoms with van der Waals surface area (Å²) in [5.74, 6) is 1.06. The number of rotatable bonds is 7. The molecule has 0 aliphatic carbocycles. The lowest BCUT2D eigenvalue weighted by Gasteiger charge is -2.34. The first-order valence-corrected chi connectivity index (χ1v) is 10.0. The molecule has 29 heavy (non-hydrogen) atoms. The lowest BCUT2D eigenvalue weighted by Crippen LogP contribution is -2.48. The molecule has 3 rings (SSSR count). The number of carbonyl (C=O) groups excluding carboxylic acids is 1.